The number of aromatic nitrogens is 1. The largest absolute Gasteiger partial charge is 0.481 e. The molecule has 35 nitrogen and oxygen atoms in total. The van der Waals surface area contributed by atoms with E-state index in [2.05, 4.69) is 52.8 Å². The van der Waals surface area contributed by atoms with Gasteiger partial charge in [0.05, 0.1) is 104 Å². The number of carboxylic acids is 1. The Bertz CT molecular complexity index is 3970. The number of aliphatic hydroxyl groups is 3. The molecule has 630 valence electrons. The fourth-order valence-electron chi connectivity index (χ4n) is 14.1. The molecule has 2 aromatic rings. The van der Waals surface area contributed by atoms with Gasteiger partial charge < -0.3 is 87.6 Å². The van der Waals surface area contributed by atoms with Crippen molar-refractivity contribution in [1.29, 1.82) is 0 Å². The van der Waals surface area contributed by atoms with Crippen molar-refractivity contribution in [3.63, 3.8) is 0 Å². The van der Waals surface area contributed by atoms with Crippen molar-refractivity contribution >= 4 is 145 Å². The molecular formula is C76H109N11O24S3. The monoisotopic (exact) mass is 1660 g/mol. The number of carboxylic acid groups (broad SMARTS) is 1. The third-order valence-corrected chi connectivity index (χ3v) is 25.7. The SMILES string of the molecule is CC[C@H](C)[C@@H]1NC(=O)CNC(=O)[C@H]2Cc3c([nH]c4cc5c(cc34)CC(=O)C(C)CC(=O)C(C(C)C)NC(=O)CCOCCCC(=O)C3SCSC3C(=O)NCCOCCC(=O)CC(C(C)C)C(=O)NC(C)C(=O)C5)S(=O)C[C@H](NC(=O)CNC1=O)C(=O)C[C@@H](CC(=O)O)C(=O)N1C[C@@H](O)C[C@H]1C(=O)N[C@@H](C(C)C(O)CO)C(=O)N2. The molecule has 114 heavy (non-hydrogen) atoms. The molecule has 14 N–H and O–H groups in total. The normalized spacial score (nSPS) is 29.3. The van der Waals surface area contributed by atoms with Crippen LogP contribution in [0, 0.1) is 41.4 Å². The first-order valence-corrected chi connectivity index (χ1v) is 42.0. The van der Waals surface area contributed by atoms with Gasteiger partial charge in [0.2, 0.25) is 59.1 Å². The number of aliphatic carboxylic acids is 1. The minimum Gasteiger partial charge on any atom is -0.481 e. The van der Waals surface area contributed by atoms with Crippen molar-refractivity contribution in [3.05, 3.63) is 28.8 Å². The van der Waals surface area contributed by atoms with Gasteiger partial charge in [0.25, 0.3) is 0 Å². The molecule has 5 aliphatic rings. The summed E-state index contributed by atoms with van der Waals surface area (Å²) in [7, 11) is -2.69. The van der Waals surface area contributed by atoms with Crippen LogP contribution in [0.25, 0.3) is 10.9 Å². The number of hydrogen-bond donors (Lipinski definition) is 14. The number of ketones is 6. The molecule has 17 atom stereocenters. The van der Waals surface area contributed by atoms with E-state index in [0.29, 0.717) is 11.5 Å². The van der Waals surface area contributed by atoms with Gasteiger partial charge in [-0.05, 0) is 59.9 Å². The van der Waals surface area contributed by atoms with Gasteiger partial charge in [0, 0.05) is 118 Å². The highest BCUT2D eigenvalue weighted by Gasteiger charge is 2.46. The fourth-order valence-corrected chi connectivity index (χ4v) is 18.7. The maximum Gasteiger partial charge on any atom is 0.304 e. The summed E-state index contributed by atoms with van der Waals surface area (Å²) in [6, 6.07) is -8.63. The summed E-state index contributed by atoms with van der Waals surface area (Å²) in [6.07, 6.45) is -8.19. The summed E-state index contributed by atoms with van der Waals surface area (Å²) in [5.74, 6) is -22.3. The molecule has 10 amide bonds. The number of rotatable bonds is 9. The lowest BCUT2D eigenvalue weighted by atomic mass is 9.87. The molecule has 1 aromatic carbocycles. The Morgan fingerprint density at radius 3 is 1.95 bits per heavy atom. The zero-order valence-electron chi connectivity index (χ0n) is 65.6. The fraction of sp³-hybridized carbons (Fsp3) is 0.671. The quantitative estimate of drug-likeness (QED) is 0.132. The maximum atomic E-state index is 15.8. The number of Topliss-reactive ketones (excluding diaryl/α,β-unsaturated/α-hetero) is 6. The third-order valence-electron chi connectivity index (χ3n) is 21.3. The van der Waals surface area contributed by atoms with Crippen molar-refractivity contribution in [2.45, 2.75) is 216 Å². The Hall–Kier alpha value is -8.40. The lowest BCUT2D eigenvalue weighted by Gasteiger charge is -2.32. The van der Waals surface area contributed by atoms with Crippen LogP contribution in [-0.2, 0) is 121 Å². The van der Waals surface area contributed by atoms with Gasteiger partial charge in [-0.1, -0.05) is 61.8 Å². The van der Waals surface area contributed by atoms with E-state index in [4.69, 9.17) is 9.47 Å². The van der Waals surface area contributed by atoms with Gasteiger partial charge in [0.1, 0.15) is 51.8 Å². The lowest BCUT2D eigenvalue weighted by Crippen LogP contribution is -2.61. The smallest absolute Gasteiger partial charge is 0.304 e. The number of fused-ring (bicyclic) bond motifs is 7. The molecule has 38 heteroatoms. The number of aliphatic hydroxyl groups excluding tert-OH is 3. The first-order valence-electron chi connectivity index (χ1n) is 38.6. The summed E-state index contributed by atoms with van der Waals surface area (Å²) >= 11 is 2.71. The molecule has 5 aliphatic heterocycles. The van der Waals surface area contributed by atoms with E-state index in [1.807, 2.05) is 0 Å². The number of H-pyrrole nitrogens is 1. The van der Waals surface area contributed by atoms with Crippen LogP contribution in [0.5, 0.6) is 0 Å². The molecular weight excluding hydrogens is 1550 g/mol. The molecule has 0 spiro atoms. The Kier molecular flexibility index (Phi) is 35.4. The molecule has 2 saturated heterocycles. The Morgan fingerprint density at radius 2 is 1.27 bits per heavy atom. The van der Waals surface area contributed by atoms with Crippen LogP contribution in [0.3, 0.4) is 0 Å². The molecule has 0 aliphatic carbocycles. The second-order valence-corrected chi connectivity index (χ2v) is 34.7. The number of benzene rings is 1. The highest BCUT2D eigenvalue weighted by molar-refractivity contribution is 8.20. The van der Waals surface area contributed by atoms with Crippen LogP contribution in [0.15, 0.2) is 17.2 Å². The number of nitrogens with zero attached hydrogens (tertiary/aromatic N) is 1. The minimum absolute atomic E-state index is 0.000644. The summed E-state index contributed by atoms with van der Waals surface area (Å²) in [5.41, 5.74) is -0.0327. The van der Waals surface area contributed by atoms with E-state index in [-0.39, 0.29) is 115 Å². The molecule has 6 heterocycles. The van der Waals surface area contributed by atoms with Crippen LogP contribution in [0.4, 0.5) is 0 Å². The topological polar surface area (TPSA) is 534 Å². The predicted octanol–water partition coefficient (Wildman–Crippen LogP) is -1.77. The van der Waals surface area contributed by atoms with Gasteiger partial charge in [-0.3, -0.25) is 85.7 Å². The number of hydrogen-bond acceptors (Lipinski definition) is 25. The van der Waals surface area contributed by atoms with E-state index >= 15 is 23.4 Å². The van der Waals surface area contributed by atoms with Crippen LogP contribution in [0.1, 0.15) is 143 Å². The second kappa shape index (κ2) is 43.5. The van der Waals surface area contributed by atoms with E-state index in [0.717, 1.165) is 4.90 Å². The number of amides is 10. The zero-order valence-corrected chi connectivity index (χ0v) is 68.1. The molecule has 0 radical (unpaired) electrons. The Balaban J connectivity index is 1.38. The van der Waals surface area contributed by atoms with E-state index in [9.17, 15) is 82.8 Å². The van der Waals surface area contributed by atoms with Gasteiger partial charge >= 0.3 is 5.97 Å². The first kappa shape index (κ1) is 92.8. The van der Waals surface area contributed by atoms with Crippen LogP contribution >= 0.6 is 23.5 Å². The average molecular weight is 1660 g/mol. The van der Waals surface area contributed by atoms with Crippen molar-refractivity contribution < 1.29 is 116 Å². The Morgan fingerprint density at radius 1 is 0.623 bits per heavy atom. The van der Waals surface area contributed by atoms with E-state index < -0.39 is 276 Å². The number of nitrogens with one attached hydrogen (secondary N) is 10. The molecule has 2 fully saturated rings. The molecule has 9 unspecified atom stereocenters. The van der Waals surface area contributed by atoms with Crippen molar-refractivity contribution in [2.75, 3.05) is 70.1 Å². The van der Waals surface area contributed by atoms with Crippen molar-refractivity contribution in [3.8, 4) is 0 Å². The third kappa shape index (κ3) is 25.8. The number of aromatic amines is 1. The Labute approximate surface area is 671 Å². The van der Waals surface area contributed by atoms with E-state index in [1.54, 1.807) is 41.5 Å². The number of thioether (sulfide) groups is 2. The standard InChI is InChI=1S/C76H109N11O24S3/c1-10-38(6)65-72(105)79-30-61(98)81-52-34-114(109)75-49(29-51(70(103)78-31-62(99)85-65)82-73(106)66(40(8)59(96)33-88)86-71(104)53-28-46(90)32-87(53)76(108)44(25-57(52)94)26-63(100)101)48-21-42-23-55(92)39(7)20-58(95)64(37(4)5)84-60(97)14-18-110-16-11-12-54(91)67-68(113-35-112-67)74(107)77-15-19-111-17-13-45(89)27-47(36(2)3)69(102)80-41(9)56(93)24-43(42)22-50(48)83-75/h21-22,36-41,44,46-47,51-53,59,64-68,83,88,90,96H,10-20,23-35H2,1-9H3,(H,77,107)(H,78,103)(H,79,105)(H,80,102)(H,81,98)(H,82,106)(H,84,97)(H,85,99)(H,86,104)(H,100,101)/t38-,39?,40?,41?,44-,46-,47?,51+,52-,53-,59?,64?,65-,66-,67?,68?,114?/m0/s1. The molecule has 7 rings (SSSR count). The van der Waals surface area contributed by atoms with Crippen LogP contribution in [0.2, 0.25) is 0 Å². The zero-order chi connectivity index (χ0) is 84.1. The van der Waals surface area contributed by atoms with Crippen LogP contribution < -0.4 is 47.9 Å². The second-order valence-electron chi connectivity index (χ2n) is 30.7. The summed E-state index contributed by atoms with van der Waals surface area (Å²) in [5, 5.41) is 64.8. The summed E-state index contributed by atoms with van der Waals surface area (Å²) in [6.45, 7) is 10.8. The summed E-state index contributed by atoms with van der Waals surface area (Å²) in [4.78, 5) is 246. The summed E-state index contributed by atoms with van der Waals surface area (Å²) < 4.78 is 27.2. The number of ether oxygens (including phenoxy) is 2. The average Bonchev–Trinajstić information content (AvgIpc) is 1.13. The van der Waals surface area contributed by atoms with Crippen molar-refractivity contribution in [1.82, 2.24) is 57.7 Å². The first-order chi connectivity index (χ1) is 53.9. The highest BCUT2D eigenvalue weighted by Crippen LogP contribution is 2.39. The minimum atomic E-state index is -2.69. The maximum absolute atomic E-state index is 15.8. The lowest BCUT2D eigenvalue weighted by molar-refractivity contribution is -0.148. The number of carbonyl (C=O) groups is 17. The van der Waals surface area contributed by atoms with Gasteiger partial charge in [-0.2, -0.15) is 0 Å². The van der Waals surface area contributed by atoms with Crippen molar-refractivity contribution in [2.24, 2.45) is 41.4 Å². The van der Waals surface area contributed by atoms with Gasteiger partial charge in [-0.25, -0.2) is 0 Å². The van der Waals surface area contributed by atoms with Gasteiger partial charge in [-0.15, -0.1) is 23.5 Å². The predicted molar refractivity (Wildman–Crippen MR) is 415 cm³/mol. The van der Waals surface area contributed by atoms with Crippen LogP contribution in [-0.4, -0.2) is 269 Å². The number of carbonyl (C=O) groups excluding carboxylic acids is 16. The van der Waals surface area contributed by atoms with E-state index in [1.165, 1.54) is 56.4 Å². The molecule has 1 aromatic heterocycles. The molecule has 0 saturated carbocycles. The van der Waals surface area contributed by atoms with Gasteiger partial charge in [0.15, 0.2) is 17.3 Å². The highest BCUT2D eigenvalue weighted by atomic mass is 32.2. The molecule has 2 bridgehead atoms.